The van der Waals surface area contributed by atoms with Crippen molar-refractivity contribution in [3.63, 3.8) is 0 Å². The number of hydrogen-bond donors (Lipinski definition) is 1. The lowest BCUT2D eigenvalue weighted by Crippen LogP contribution is -2.02. The van der Waals surface area contributed by atoms with Gasteiger partial charge in [-0.1, -0.05) is 18.6 Å². The van der Waals surface area contributed by atoms with Gasteiger partial charge in [-0.3, -0.25) is 0 Å². The van der Waals surface area contributed by atoms with Crippen molar-refractivity contribution in [3.05, 3.63) is 35.4 Å². The number of aliphatic hydroxyl groups is 1. The summed E-state index contributed by atoms with van der Waals surface area (Å²) in [6.07, 6.45) is 5.30. The van der Waals surface area contributed by atoms with Crippen LogP contribution in [0.4, 0.5) is 0 Å². The van der Waals surface area contributed by atoms with E-state index < -0.39 is 5.97 Å². The van der Waals surface area contributed by atoms with Crippen LogP contribution in [0, 0.1) is 11.3 Å². The van der Waals surface area contributed by atoms with Crippen LogP contribution >= 0.6 is 0 Å². The molecular weight excluding hydrogens is 282 g/mol. The predicted octanol–water partition coefficient (Wildman–Crippen LogP) is 2.70. The van der Waals surface area contributed by atoms with Crippen LogP contribution in [0.15, 0.2) is 29.8 Å². The highest BCUT2D eigenvalue weighted by molar-refractivity contribution is 5.97. The van der Waals surface area contributed by atoms with Crippen LogP contribution in [0.3, 0.4) is 0 Å². The molecule has 5 nitrogen and oxygen atoms in total. The summed E-state index contributed by atoms with van der Waals surface area (Å²) in [4.78, 5) is 11.3. The lowest BCUT2D eigenvalue weighted by atomic mass is 10.1. The van der Waals surface area contributed by atoms with E-state index in [0.717, 1.165) is 37.0 Å². The number of carbonyl (C=O) groups is 1. The number of ether oxygens (including phenoxy) is 2. The first-order valence-corrected chi connectivity index (χ1v) is 7.25. The molecule has 1 rings (SSSR count). The quantitative estimate of drug-likeness (QED) is 0.328. The van der Waals surface area contributed by atoms with Gasteiger partial charge < -0.3 is 14.6 Å². The third kappa shape index (κ3) is 6.42. The maximum absolute atomic E-state index is 11.3. The number of esters is 1. The average Bonchev–Trinajstić information content (AvgIpc) is 2.56. The van der Waals surface area contributed by atoms with Gasteiger partial charge >= 0.3 is 5.97 Å². The number of rotatable bonds is 9. The Morgan fingerprint density at radius 1 is 1.23 bits per heavy atom. The summed E-state index contributed by atoms with van der Waals surface area (Å²) in [6, 6.07) is 8.97. The maximum atomic E-state index is 11.3. The minimum absolute atomic E-state index is 0.0416. The van der Waals surface area contributed by atoms with Gasteiger partial charge in [0.05, 0.1) is 13.7 Å². The number of benzene rings is 1. The number of carbonyl (C=O) groups excluding carboxylic acids is 1. The second kappa shape index (κ2) is 10.4. The maximum Gasteiger partial charge on any atom is 0.348 e. The monoisotopic (exact) mass is 303 g/mol. The molecule has 0 fully saturated rings. The predicted molar refractivity (Wildman–Crippen MR) is 83.1 cm³/mol. The molecular formula is C17H21NO4. The van der Waals surface area contributed by atoms with Gasteiger partial charge in [-0.2, -0.15) is 5.26 Å². The van der Waals surface area contributed by atoms with Gasteiger partial charge in [0.2, 0.25) is 0 Å². The molecule has 0 unspecified atom stereocenters. The van der Waals surface area contributed by atoms with Crippen molar-refractivity contribution >= 4 is 12.0 Å². The summed E-state index contributed by atoms with van der Waals surface area (Å²) in [6.45, 7) is 0.873. The lowest BCUT2D eigenvalue weighted by Gasteiger charge is -2.06. The molecule has 5 heteroatoms. The molecule has 0 spiro atoms. The Kier molecular flexibility index (Phi) is 8.39. The molecule has 1 aromatic carbocycles. The topological polar surface area (TPSA) is 79.6 Å². The molecule has 0 aliphatic rings. The summed E-state index contributed by atoms with van der Waals surface area (Å²) in [5.41, 5.74) is 0.692. The number of unbranched alkanes of at least 4 members (excludes halogenated alkanes) is 3. The largest absolute Gasteiger partial charge is 0.494 e. The molecule has 22 heavy (non-hydrogen) atoms. The molecule has 0 aliphatic carbocycles. The molecule has 0 aliphatic heterocycles. The minimum atomic E-state index is -0.647. The van der Waals surface area contributed by atoms with Crippen molar-refractivity contribution in [1.29, 1.82) is 5.26 Å². The van der Waals surface area contributed by atoms with Crippen molar-refractivity contribution < 1.29 is 19.4 Å². The number of methoxy groups -OCH3 is 1. The molecule has 0 atom stereocenters. The third-order valence-electron chi connectivity index (χ3n) is 3.04. The zero-order chi connectivity index (χ0) is 16.2. The van der Waals surface area contributed by atoms with Gasteiger partial charge in [-0.25, -0.2) is 4.79 Å². The zero-order valence-electron chi connectivity index (χ0n) is 12.7. The number of aliphatic hydroxyl groups excluding tert-OH is 1. The third-order valence-corrected chi connectivity index (χ3v) is 3.04. The Labute approximate surface area is 130 Å². The Bertz CT molecular complexity index is 529. The van der Waals surface area contributed by atoms with E-state index in [1.54, 1.807) is 24.3 Å². The molecule has 0 saturated carbocycles. The van der Waals surface area contributed by atoms with Crippen LogP contribution in [-0.2, 0) is 9.53 Å². The fraction of sp³-hybridized carbons (Fsp3) is 0.412. The van der Waals surface area contributed by atoms with Crippen LogP contribution in [0.25, 0.3) is 6.08 Å². The minimum Gasteiger partial charge on any atom is -0.494 e. The van der Waals surface area contributed by atoms with Gasteiger partial charge in [0.15, 0.2) is 0 Å². The molecule has 0 heterocycles. The first-order valence-electron chi connectivity index (χ1n) is 7.25. The van der Waals surface area contributed by atoms with Crippen LogP contribution in [-0.4, -0.2) is 31.4 Å². The van der Waals surface area contributed by atoms with Gasteiger partial charge in [0, 0.05) is 6.61 Å². The number of nitrogens with zero attached hydrogens (tertiary/aromatic N) is 1. The first-order chi connectivity index (χ1) is 10.7. The van der Waals surface area contributed by atoms with E-state index in [-0.39, 0.29) is 12.2 Å². The van der Waals surface area contributed by atoms with Gasteiger partial charge in [-0.15, -0.1) is 0 Å². The fourth-order valence-electron chi connectivity index (χ4n) is 1.83. The van der Waals surface area contributed by atoms with E-state index in [4.69, 9.17) is 15.1 Å². The molecule has 0 radical (unpaired) electrons. The second-order valence-corrected chi connectivity index (χ2v) is 4.72. The SMILES string of the molecule is COC(=O)/C(C#N)=C/c1ccc(OCCCCCCO)cc1. The number of hydrogen-bond acceptors (Lipinski definition) is 5. The van der Waals surface area contributed by atoms with Crippen LogP contribution in [0.2, 0.25) is 0 Å². The zero-order valence-corrected chi connectivity index (χ0v) is 12.7. The lowest BCUT2D eigenvalue weighted by molar-refractivity contribution is -0.135. The van der Waals surface area contributed by atoms with Gasteiger partial charge in [0.1, 0.15) is 17.4 Å². The summed E-state index contributed by atoms with van der Waals surface area (Å²) in [5, 5.41) is 17.6. The smallest absolute Gasteiger partial charge is 0.348 e. The normalized spacial score (nSPS) is 10.9. The summed E-state index contributed by atoms with van der Waals surface area (Å²) in [7, 11) is 1.24. The van der Waals surface area contributed by atoms with E-state index in [0.29, 0.717) is 6.61 Å². The highest BCUT2D eigenvalue weighted by Gasteiger charge is 2.08. The van der Waals surface area contributed by atoms with Crippen LogP contribution in [0.1, 0.15) is 31.2 Å². The van der Waals surface area contributed by atoms with Crippen LogP contribution in [0.5, 0.6) is 5.75 Å². The summed E-state index contributed by atoms with van der Waals surface area (Å²) in [5.74, 6) is 0.0987. The van der Waals surface area contributed by atoms with Gasteiger partial charge in [-0.05, 0) is 43.0 Å². The van der Waals surface area contributed by atoms with Crippen molar-refractivity contribution in [2.75, 3.05) is 20.3 Å². The van der Waals surface area contributed by atoms with Gasteiger partial charge in [0.25, 0.3) is 0 Å². The Balaban J connectivity index is 2.48. The number of nitriles is 1. The van der Waals surface area contributed by atoms with E-state index in [2.05, 4.69) is 4.74 Å². The molecule has 1 aromatic rings. The second-order valence-electron chi connectivity index (χ2n) is 4.72. The molecule has 1 N–H and O–H groups in total. The van der Waals surface area contributed by atoms with Crippen molar-refractivity contribution in [3.8, 4) is 11.8 Å². The van der Waals surface area contributed by atoms with E-state index >= 15 is 0 Å². The highest BCUT2D eigenvalue weighted by atomic mass is 16.5. The standard InChI is InChI=1S/C17H21NO4/c1-21-17(20)15(13-18)12-14-6-8-16(9-7-14)22-11-5-3-2-4-10-19/h6-9,12,19H,2-5,10-11H2,1H3/b15-12+. The molecule has 118 valence electrons. The molecule has 0 saturated heterocycles. The Morgan fingerprint density at radius 3 is 2.50 bits per heavy atom. The first kappa shape index (κ1) is 17.7. The summed E-state index contributed by atoms with van der Waals surface area (Å²) < 4.78 is 10.1. The highest BCUT2D eigenvalue weighted by Crippen LogP contribution is 2.15. The molecule has 0 bridgehead atoms. The molecule has 0 aromatic heterocycles. The van der Waals surface area contributed by atoms with Crippen LogP contribution < -0.4 is 4.74 Å². The fourth-order valence-corrected chi connectivity index (χ4v) is 1.83. The van der Waals surface area contributed by atoms with Crippen molar-refractivity contribution in [1.82, 2.24) is 0 Å². The summed E-state index contributed by atoms with van der Waals surface area (Å²) >= 11 is 0. The Hall–Kier alpha value is -2.32. The van der Waals surface area contributed by atoms with E-state index in [9.17, 15) is 4.79 Å². The van der Waals surface area contributed by atoms with Crippen molar-refractivity contribution in [2.24, 2.45) is 0 Å². The van der Waals surface area contributed by atoms with E-state index in [1.165, 1.54) is 13.2 Å². The average molecular weight is 303 g/mol. The van der Waals surface area contributed by atoms with E-state index in [1.807, 2.05) is 6.07 Å². The molecule has 0 amide bonds. The Morgan fingerprint density at radius 2 is 1.91 bits per heavy atom. The van der Waals surface area contributed by atoms with Crippen molar-refractivity contribution in [2.45, 2.75) is 25.7 Å².